The number of hydrogen-bond acceptors (Lipinski definition) is 3. The summed E-state index contributed by atoms with van der Waals surface area (Å²) in [5.74, 6) is -2.39. The third-order valence-corrected chi connectivity index (χ3v) is 5.08. The van der Waals surface area contributed by atoms with E-state index in [1.165, 1.54) is 12.1 Å². The second-order valence-corrected chi connectivity index (χ2v) is 7.08. The predicted molar refractivity (Wildman–Crippen MR) is 95.9 cm³/mol. The number of alkyl halides is 3. The van der Waals surface area contributed by atoms with Crippen molar-refractivity contribution in [3.63, 3.8) is 0 Å². The minimum atomic E-state index is -5.00. The van der Waals surface area contributed by atoms with E-state index in [-0.39, 0.29) is 30.7 Å². The van der Waals surface area contributed by atoms with Crippen molar-refractivity contribution >= 4 is 5.97 Å². The molecule has 7 heteroatoms. The van der Waals surface area contributed by atoms with E-state index in [9.17, 15) is 22.4 Å². The fourth-order valence-corrected chi connectivity index (χ4v) is 3.65. The molecule has 0 saturated carbocycles. The Morgan fingerprint density at radius 2 is 1.50 bits per heavy atom. The molecule has 2 aromatic carbocycles. The van der Waals surface area contributed by atoms with Crippen LogP contribution in [0, 0.1) is 18.7 Å². The molecule has 1 unspecified atom stereocenters. The highest BCUT2D eigenvalue weighted by Crippen LogP contribution is 2.38. The molecule has 150 valence electrons. The molecule has 1 aliphatic heterocycles. The van der Waals surface area contributed by atoms with Gasteiger partial charge in [0, 0.05) is 19.0 Å². The van der Waals surface area contributed by atoms with E-state index in [1.807, 2.05) is 31.2 Å². The maximum atomic E-state index is 13.4. The predicted octanol–water partition coefficient (Wildman–Crippen LogP) is 5.00. The van der Waals surface area contributed by atoms with E-state index in [2.05, 4.69) is 4.84 Å². The summed E-state index contributed by atoms with van der Waals surface area (Å²) in [4.78, 5) is 15.5. The lowest BCUT2D eigenvalue weighted by molar-refractivity contribution is -0.242. The third kappa shape index (κ3) is 4.90. The number of aryl methyl sites for hydroxylation is 1. The third-order valence-electron chi connectivity index (χ3n) is 5.08. The van der Waals surface area contributed by atoms with Crippen LogP contribution in [0.1, 0.15) is 35.4 Å². The van der Waals surface area contributed by atoms with Gasteiger partial charge in [-0.2, -0.15) is 13.2 Å². The lowest BCUT2D eigenvalue weighted by Gasteiger charge is -2.35. The highest BCUT2D eigenvalue weighted by Gasteiger charge is 2.43. The van der Waals surface area contributed by atoms with Crippen molar-refractivity contribution in [2.45, 2.75) is 31.9 Å². The molecule has 1 saturated heterocycles. The smallest absolute Gasteiger partial charge is 0.361 e. The van der Waals surface area contributed by atoms with Crippen molar-refractivity contribution in [1.82, 2.24) is 5.06 Å². The first-order valence-corrected chi connectivity index (χ1v) is 9.10. The Hall–Kier alpha value is -2.41. The van der Waals surface area contributed by atoms with Crippen LogP contribution in [0.15, 0.2) is 48.5 Å². The summed E-state index contributed by atoms with van der Waals surface area (Å²) >= 11 is 0. The first-order chi connectivity index (χ1) is 13.2. The van der Waals surface area contributed by atoms with E-state index in [0.29, 0.717) is 12.8 Å². The number of hydroxylamine groups is 2. The fraction of sp³-hybridized carbons (Fsp3) is 0.381. The SMILES string of the molecule is Cc1ccc(C(c2ccc(F)cc2)C2CCN(OC(=O)C(F)(F)F)CC2)cc1. The number of carbonyl (C=O) groups excluding carboxylic acids is 1. The van der Waals surface area contributed by atoms with Crippen LogP contribution < -0.4 is 0 Å². The van der Waals surface area contributed by atoms with Crippen molar-refractivity contribution in [3.05, 3.63) is 71.0 Å². The molecular formula is C21H21F4NO2. The van der Waals surface area contributed by atoms with Gasteiger partial charge in [0.25, 0.3) is 0 Å². The van der Waals surface area contributed by atoms with Crippen molar-refractivity contribution in [2.75, 3.05) is 13.1 Å². The van der Waals surface area contributed by atoms with Crippen molar-refractivity contribution in [1.29, 1.82) is 0 Å². The second kappa shape index (κ2) is 8.31. The minimum Gasteiger partial charge on any atom is -0.361 e. The van der Waals surface area contributed by atoms with Crippen LogP contribution in [0.3, 0.4) is 0 Å². The molecule has 3 nitrogen and oxygen atoms in total. The van der Waals surface area contributed by atoms with Gasteiger partial charge in [-0.15, -0.1) is 5.06 Å². The van der Waals surface area contributed by atoms with E-state index in [4.69, 9.17) is 0 Å². The summed E-state index contributed by atoms with van der Waals surface area (Å²) < 4.78 is 50.5. The standard InChI is InChI=1S/C21H21F4NO2/c1-14-2-4-15(5-3-14)19(16-6-8-18(22)9-7-16)17-10-12-26(13-11-17)28-20(27)21(23,24)25/h2-9,17,19H,10-13H2,1H3. The summed E-state index contributed by atoms with van der Waals surface area (Å²) in [5.41, 5.74) is 3.15. The zero-order valence-corrected chi connectivity index (χ0v) is 15.4. The van der Waals surface area contributed by atoms with Gasteiger partial charge in [-0.1, -0.05) is 42.0 Å². The van der Waals surface area contributed by atoms with Gasteiger partial charge in [-0.05, 0) is 48.9 Å². The van der Waals surface area contributed by atoms with Crippen molar-refractivity contribution in [3.8, 4) is 0 Å². The fourth-order valence-electron chi connectivity index (χ4n) is 3.65. The van der Waals surface area contributed by atoms with Crippen LogP contribution >= 0.6 is 0 Å². The van der Waals surface area contributed by atoms with Gasteiger partial charge < -0.3 is 4.84 Å². The van der Waals surface area contributed by atoms with Crippen LogP contribution in [0.4, 0.5) is 17.6 Å². The zero-order valence-electron chi connectivity index (χ0n) is 15.4. The van der Waals surface area contributed by atoms with Crippen LogP contribution in [0.25, 0.3) is 0 Å². The van der Waals surface area contributed by atoms with Crippen LogP contribution in [0.2, 0.25) is 0 Å². The molecule has 1 fully saturated rings. The second-order valence-electron chi connectivity index (χ2n) is 7.08. The number of halogens is 4. The van der Waals surface area contributed by atoms with Gasteiger partial charge in [-0.3, -0.25) is 0 Å². The van der Waals surface area contributed by atoms with Gasteiger partial charge in [0.05, 0.1) is 0 Å². The van der Waals surface area contributed by atoms with Crippen LogP contribution in [-0.2, 0) is 9.63 Å². The van der Waals surface area contributed by atoms with Crippen molar-refractivity contribution in [2.24, 2.45) is 5.92 Å². The van der Waals surface area contributed by atoms with Crippen LogP contribution in [-0.4, -0.2) is 30.3 Å². The Bertz CT molecular complexity index is 749. The Balaban J connectivity index is 1.76. The molecule has 0 radical (unpaired) electrons. The Kier molecular flexibility index (Phi) is 6.03. The number of hydrogen-bond donors (Lipinski definition) is 0. The molecule has 2 aromatic rings. The topological polar surface area (TPSA) is 29.5 Å². The number of nitrogens with zero attached hydrogens (tertiary/aromatic N) is 1. The quantitative estimate of drug-likeness (QED) is 0.683. The normalized spacial score (nSPS) is 17.3. The zero-order chi connectivity index (χ0) is 20.3. The van der Waals surface area contributed by atoms with E-state index >= 15 is 0 Å². The molecule has 0 aromatic heterocycles. The number of benzene rings is 2. The average Bonchev–Trinajstić information content (AvgIpc) is 2.65. The highest BCUT2D eigenvalue weighted by molar-refractivity contribution is 5.75. The van der Waals surface area contributed by atoms with Crippen LogP contribution in [0.5, 0.6) is 0 Å². The lowest BCUT2D eigenvalue weighted by Crippen LogP contribution is -2.40. The van der Waals surface area contributed by atoms with Gasteiger partial charge >= 0.3 is 12.1 Å². The average molecular weight is 395 g/mol. The van der Waals surface area contributed by atoms with E-state index in [1.54, 1.807) is 12.1 Å². The summed E-state index contributed by atoms with van der Waals surface area (Å²) in [6, 6.07) is 14.4. The first-order valence-electron chi connectivity index (χ1n) is 9.10. The lowest BCUT2D eigenvalue weighted by atomic mass is 9.76. The molecule has 1 aliphatic rings. The van der Waals surface area contributed by atoms with Gasteiger partial charge in [0.15, 0.2) is 0 Å². The monoisotopic (exact) mass is 395 g/mol. The van der Waals surface area contributed by atoms with Gasteiger partial charge in [0.2, 0.25) is 0 Å². The molecule has 0 N–H and O–H groups in total. The highest BCUT2D eigenvalue weighted by atomic mass is 19.4. The number of piperidine rings is 1. The van der Waals surface area contributed by atoms with Gasteiger partial charge in [-0.25, -0.2) is 9.18 Å². The number of rotatable bonds is 4. The van der Waals surface area contributed by atoms with E-state index in [0.717, 1.165) is 21.8 Å². The molecule has 1 heterocycles. The molecule has 3 rings (SSSR count). The Morgan fingerprint density at radius 1 is 1.00 bits per heavy atom. The van der Waals surface area contributed by atoms with Crippen molar-refractivity contribution < 1.29 is 27.2 Å². The Morgan fingerprint density at radius 3 is 2.00 bits per heavy atom. The minimum absolute atomic E-state index is 0.0123. The van der Waals surface area contributed by atoms with E-state index < -0.39 is 12.1 Å². The summed E-state index contributed by atoms with van der Waals surface area (Å²) in [7, 11) is 0. The molecule has 0 spiro atoms. The summed E-state index contributed by atoms with van der Waals surface area (Å²) in [6.45, 7) is 2.43. The maximum Gasteiger partial charge on any atom is 0.492 e. The first kappa shape index (κ1) is 20.3. The summed E-state index contributed by atoms with van der Waals surface area (Å²) in [6.07, 6.45) is -3.89. The molecular weight excluding hydrogens is 374 g/mol. The maximum absolute atomic E-state index is 13.4. The summed E-state index contributed by atoms with van der Waals surface area (Å²) in [5, 5.41) is 1.07. The Labute approximate surface area is 160 Å². The molecule has 0 bridgehead atoms. The largest absolute Gasteiger partial charge is 0.492 e. The molecule has 1 atom stereocenters. The molecule has 28 heavy (non-hydrogen) atoms. The molecule has 0 aliphatic carbocycles. The molecule has 0 amide bonds. The number of carbonyl (C=O) groups is 1. The van der Waals surface area contributed by atoms with Gasteiger partial charge in [0.1, 0.15) is 5.82 Å².